The number of carbonyl (C=O) groups is 1. The molecular weight excluding hydrogens is 303 g/mol. The van der Waals surface area contributed by atoms with Gasteiger partial charge in [0.2, 0.25) is 0 Å². The molecule has 0 spiro atoms. The standard InChI is InChI=1S/C13H18Cl2N2O3/c14-5-7-17(20,8-6-15)11-3-1-10(2-4-11)9-12(16)13(18)19/h1-4,12H,5-9,16H2,(H,18,19)/t12-/m0/s1/i5D2,6D2,7D2,8D2. The first kappa shape index (κ1) is 8.56. The number of nitrogens with two attached hydrogens (primary N) is 1. The Balaban J connectivity index is 3.61. The predicted octanol–water partition coefficient (Wildman–Crippen LogP) is 1.92. The van der Waals surface area contributed by atoms with Gasteiger partial charge in [0.25, 0.3) is 0 Å². The maximum Gasteiger partial charge on any atom is 0.320 e. The van der Waals surface area contributed by atoms with Crippen LogP contribution in [0.1, 0.15) is 16.5 Å². The molecule has 0 radical (unpaired) electrons. The highest BCUT2D eigenvalue weighted by atomic mass is 35.5. The quantitative estimate of drug-likeness (QED) is 0.433. The third kappa shape index (κ3) is 4.61. The summed E-state index contributed by atoms with van der Waals surface area (Å²) in [6.45, 7) is -7.45. The van der Waals surface area contributed by atoms with Gasteiger partial charge in [-0.1, -0.05) is 12.1 Å². The first-order valence-electron chi connectivity index (χ1n) is 9.36. The Bertz CT molecular complexity index is 696. The van der Waals surface area contributed by atoms with Crippen molar-refractivity contribution in [2.45, 2.75) is 12.5 Å². The molecule has 0 aromatic heterocycles. The summed E-state index contributed by atoms with van der Waals surface area (Å²) in [6.07, 6.45) is -0.152. The van der Waals surface area contributed by atoms with E-state index in [2.05, 4.69) is 0 Å². The molecule has 1 rings (SSSR count). The Morgan fingerprint density at radius 2 is 1.85 bits per heavy atom. The van der Waals surface area contributed by atoms with Crippen molar-refractivity contribution in [3.63, 3.8) is 0 Å². The lowest BCUT2D eigenvalue weighted by atomic mass is 10.1. The number of hydrogen-bond acceptors (Lipinski definition) is 3. The molecule has 3 N–H and O–H groups in total. The van der Waals surface area contributed by atoms with Crippen LogP contribution in [-0.2, 0) is 11.2 Å². The summed E-state index contributed by atoms with van der Waals surface area (Å²) in [7, 11) is 0. The zero-order valence-corrected chi connectivity index (χ0v) is 11.6. The van der Waals surface area contributed by atoms with Crippen molar-refractivity contribution >= 4 is 34.9 Å². The van der Waals surface area contributed by atoms with Gasteiger partial charge in [-0.25, -0.2) is 0 Å². The molecule has 1 atom stereocenters. The molecule has 0 aliphatic rings. The van der Waals surface area contributed by atoms with E-state index in [0.29, 0.717) is 5.56 Å². The molecular formula is C13H18Cl2N2O3. The number of alkyl halides is 2. The molecule has 7 heteroatoms. The maximum absolute atomic E-state index is 13.5. The average molecular weight is 329 g/mol. The van der Waals surface area contributed by atoms with Gasteiger partial charge in [0.05, 0.1) is 30.1 Å². The number of halogens is 2. The summed E-state index contributed by atoms with van der Waals surface area (Å²) in [5.74, 6) is -8.10. The van der Waals surface area contributed by atoms with Crippen molar-refractivity contribution in [2.24, 2.45) is 5.73 Å². The molecule has 0 unspecified atom stereocenters. The van der Waals surface area contributed by atoms with Gasteiger partial charge < -0.3 is 20.7 Å². The number of quaternary nitrogens is 1. The summed E-state index contributed by atoms with van der Waals surface area (Å²) >= 11 is 10.8. The second-order valence-electron chi connectivity index (χ2n) is 3.84. The van der Waals surface area contributed by atoms with Gasteiger partial charge in [-0.15, -0.1) is 23.2 Å². The highest BCUT2D eigenvalue weighted by molar-refractivity contribution is 6.18. The summed E-state index contributed by atoms with van der Waals surface area (Å²) in [5, 5.41) is 22.3. The van der Waals surface area contributed by atoms with E-state index in [9.17, 15) is 10.0 Å². The topological polar surface area (TPSA) is 86.4 Å². The molecule has 0 saturated carbocycles. The van der Waals surface area contributed by atoms with E-state index in [1.165, 1.54) is 12.1 Å². The lowest BCUT2D eigenvalue weighted by Gasteiger charge is -2.41. The Morgan fingerprint density at radius 1 is 1.35 bits per heavy atom. The normalized spacial score (nSPS) is 22.0. The molecule has 20 heavy (non-hydrogen) atoms. The second kappa shape index (κ2) is 7.81. The fourth-order valence-corrected chi connectivity index (χ4v) is 1.70. The van der Waals surface area contributed by atoms with E-state index in [1.54, 1.807) is 0 Å². The van der Waals surface area contributed by atoms with Crippen LogP contribution in [0.4, 0.5) is 5.69 Å². The van der Waals surface area contributed by atoms with E-state index in [0.717, 1.165) is 12.1 Å². The number of rotatable bonds is 8. The van der Waals surface area contributed by atoms with E-state index in [-0.39, 0.29) is 6.42 Å². The van der Waals surface area contributed by atoms with Crippen molar-refractivity contribution in [3.05, 3.63) is 35.0 Å². The Hall–Kier alpha value is -0.850. The largest absolute Gasteiger partial charge is 0.627 e. The Morgan fingerprint density at radius 3 is 2.25 bits per heavy atom. The molecule has 0 amide bonds. The fraction of sp³-hybridized carbons (Fsp3) is 0.462. The molecule has 0 saturated heterocycles. The average Bonchev–Trinajstić information content (AvgIpc) is 2.52. The van der Waals surface area contributed by atoms with Crippen molar-refractivity contribution in [1.29, 1.82) is 0 Å². The molecule has 5 nitrogen and oxygen atoms in total. The van der Waals surface area contributed by atoms with Crippen LogP contribution in [0.25, 0.3) is 0 Å². The Labute approximate surface area is 139 Å². The van der Waals surface area contributed by atoms with E-state index in [4.69, 9.17) is 45.0 Å². The number of nitrogens with zero attached hydrogens (tertiary/aromatic N) is 1. The van der Waals surface area contributed by atoms with E-state index in [1.807, 2.05) is 0 Å². The molecule has 112 valence electrons. The van der Waals surface area contributed by atoms with Crippen molar-refractivity contribution in [3.8, 4) is 0 Å². The number of benzene rings is 1. The van der Waals surface area contributed by atoms with Gasteiger partial charge in [-0.2, -0.15) is 0 Å². The van der Waals surface area contributed by atoms with Crippen LogP contribution in [0.15, 0.2) is 24.3 Å². The monoisotopic (exact) mass is 328 g/mol. The SMILES string of the molecule is [2H]C([2H])(Cl)C([2H])([2H])[N+]([O-])(c1ccc(C[C@H](N)C(=O)O)cc1)C([2H])([2H])C([2H])([2H])Cl. The van der Waals surface area contributed by atoms with E-state index >= 15 is 0 Å². The zero-order chi connectivity index (χ0) is 22.3. The second-order valence-corrected chi connectivity index (χ2v) is 4.22. The number of carboxylic acids is 1. The summed E-state index contributed by atoms with van der Waals surface area (Å²) in [5.41, 5.74) is 4.99. The van der Waals surface area contributed by atoms with Crippen LogP contribution < -0.4 is 10.4 Å². The zero-order valence-electron chi connectivity index (χ0n) is 18.1. The van der Waals surface area contributed by atoms with Gasteiger partial charge in [0.15, 0.2) is 0 Å². The van der Waals surface area contributed by atoms with Crippen LogP contribution in [0.3, 0.4) is 0 Å². The smallest absolute Gasteiger partial charge is 0.320 e. The van der Waals surface area contributed by atoms with Crippen molar-refractivity contribution in [2.75, 3.05) is 24.7 Å². The van der Waals surface area contributed by atoms with Crippen LogP contribution in [0.2, 0.25) is 0 Å². The lowest BCUT2D eigenvalue weighted by molar-refractivity contribution is -0.138. The maximum atomic E-state index is 13.5. The lowest BCUT2D eigenvalue weighted by Crippen LogP contribution is -2.46. The molecule has 1 aromatic carbocycles. The molecule has 0 bridgehead atoms. The van der Waals surface area contributed by atoms with Gasteiger partial charge in [0.1, 0.15) is 11.7 Å². The third-order valence-electron chi connectivity index (χ3n) is 2.47. The van der Waals surface area contributed by atoms with Crippen LogP contribution in [0, 0.1) is 5.21 Å². The van der Waals surface area contributed by atoms with Crippen LogP contribution >= 0.6 is 23.2 Å². The molecule has 0 aliphatic carbocycles. The number of carboxylic acid groups (broad SMARTS) is 1. The van der Waals surface area contributed by atoms with Gasteiger partial charge in [-0.05, 0) is 24.1 Å². The predicted molar refractivity (Wildman–Crippen MR) is 82.1 cm³/mol. The van der Waals surface area contributed by atoms with Crippen LogP contribution in [-0.4, -0.2) is 41.8 Å². The highest BCUT2D eigenvalue weighted by Gasteiger charge is 2.19. The van der Waals surface area contributed by atoms with Gasteiger partial charge in [-0.3, -0.25) is 4.79 Å². The number of hydroxylamine groups is 2. The first-order valence-corrected chi connectivity index (χ1v) is 6.12. The summed E-state index contributed by atoms with van der Waals surface area (Å²) in [4.78, 5) is 10.8. The molecule has 1 aromatic rings. The third-order valence-corrected chi connectivity index (χ3v) is 2.64. The van der Waals surface area contributed by atoms with Crippen LogP contribution in [0.5, 0.6) is 0 Å². The van der Waals surface area contributed by atoms with Crippen molar-refractivity contribution in [1.82, 2.24) is 4.65 Å². The first-order chi connectivity index (χ1) is 12.3. The molecule has 0 aliphatic heterocycles. The minimum absolute atomic E-state index is 0.152. The van der Waals surface area contributed by atoms with Crippen molar-refractivity contribution < 1.29 is 20.9 Å². The number of aliphatic carboxylic acids is 1. The minimum Gasteiger partial charge on any atom is -0.627 e. The van der Waals surface area contributed by atoms with Gasteiger partial charge >= 0.3 is 5.97 Å². The number of hydrogen-bond donors (Lipinski definition) is 2. The van der Waals surface area contributed by atoms with E-state index < -0.39 is 47.0 Å². The summed E-state index contributed by atoms with van der Waals surface area (Å²) in [6, 6.07) is 2.91. The molecule has 0 fully saturated rings. The summed E-state index contributed by atoms with van der Waals surface area (Å²) < 4.78 is 58.4. The minimum atomic E-state index is -3.72. The molecule has 0 heterocycles. The Kier molecular flexibility index (Phi) is 3.34. The van der Waals surface area contributed by atoms with Gasteiger partial charge in [0, 0.05) is 5.48 Å². The fourth-order valence-electron chi connectivity index (χ4n) is 1.46. The highest BCUT2D eigenvalue weighted by Crippen LogP contribution is 2.23.